The van der Waals surface area contributed by atoms with Crippen molar-refractivity contribution in [3.8, 4) is 0 Å². The van der Waals surface area contributed by atoms with Gasteiger partial charge in [-0.05, 0) is 31.6 Å². The average Bonchev–Trinajstić information content (AvgIpc) is 3.15. The van der Waals surface area contributed by atoms with Crippen LogP contribution >= 0.6 is 0 Å². The molecule has 1 atom stereocenters. The number of hydrogen-bond donors (Lipinski definition) is 2. The molecule has 2 aliphatic rings. The molecule has 2 rings (SSSR count). The number of nitrogens with one attached hydrogen (secondary N) is 1. The highest BCUT2D eigenvalue weighted by Crippen LogP contribution is 2.31. The molecule has 0 aromatic heterocycles. The van der Waals surface area contributed by atoms with Crippen molar-refractivity contribution < 1.29 is 19.1 Å². The van der Waals surface area contributed by atoms with Crippen molar-refractivity contribution in [1.29, 1.82) is 0 Å². The first-order valence-electron chi connectivity index (χ1n) is 8.31. The Morgan fingerprint density at radius 1 is 1.05 bits per heavy atom. The number of hydrogen-bond acceptors (Lipinski definition) is 4. The molecule has 0 aromatic carbocycles. The SMILES string of the molecule is NC(=O)CNC(=O)C(OC(=O)CC1CCCC1)C1CCCC1. The molecule has 124 valence electrons. The van der Waals surface area contributed by atoms with Crippen molar-refractivity contribution >= 4 is 17.8 Å². The molecule has 3 N–H and O–H groups in total. The lowest BCUT2D eigenvalue weighted by Gasteiger charge is -2.23. The zero-order chi connectivity index (χ0) is 15.9. The monoisotopic (exact) mass is 310 g/mol. The summed E-state index contributed by atoms with van der Waals surface area (Å²) in [5, 5.41) is 2.47. The largest absolute Gasteiger partial charge is 0.452 e. The summed E-state index contributed by atoms with van der Waals surface area (Å²) in [5.74, 6) is -0.842. The van der Waals surface area contributed by atoms with Gasteiger partial charge in [0.25, 0.3) is 5.91 Å². The van der Waals surface area contributed by atoms with E-state index in [1.807, 2.05) is 0 Å². The van der Waals surface area contributed by atoms with Crippen LogP contribution in [0.4, 0.5) is 0 Å². The van der Waals surface area contributed by atoms with Gasteiger partial charge < -0.3 is 15.8 Å². The first-order chi connectivity index (χ1) is 10.6. The van der Waals surface area contributed by atoms with Gasteiger partial charge in [-0.1, -0.05) is 25.7 Å². The zero-order valence-corrected chi connectivity index (χ0v) is 13.0. The van der Waals surface area contributed by atoms with E-state index < -0.39 is 17.9 Å². The minimum absolute atomic E-state index is 0.0559. The van der Waals surface area contributed by atoms with Crippen molar-refractivity contribution in [2.75, 3.05) is 6.54 Å². The van der Waals surface area contributed by atoms with Crippen LogP contribution in [0.3, 0.4) is 0 Å². The van der Waals surface area contributed by atoms with Crippen LogP contribution in [0.1, 0.15) is 57.8 Å². The van der Waals surface area contributed by atoms with Crippen molar-refractivity contribution in [1.82, 2.24) is 5.32 Å². The van der Waals surface area contributed by atoms with Gasteiger partial charge in [-0.25, -0.2) is 0 Å². The molecule has 0 saturated heterocycles. The van der Waals surface area contributed by atoms with Crippen molar-refractivity contribution in [2.24, 2.45) is 17.6 Å². The maximum Gasteiger partial charge on any atom is 0.306 e. The average molecular weight is 310 g/mol. The van der Waals surface area contributed by atoms with Gasteiger partial charge >= 0.3 is 5.97 Å². The highest BCUT2D eigenvalue weighted by atomic mass is 16.5. The van der Waals surface area contributed by atoms with Crippen molar-refractivity contribution in [3.05, 3.63) is 0 Å². The Hall–Kier alpha value is -1.59. The fourth-order valence-corrected chi connectivity index (χ4v) is 3.54. The molecule has 0 radical (unpaired) electrons. The number of ether oxygens (including phenoxy) is 1. The Morgan fingerprint density at radius 3 is 2.23 bits per heavy atom. The standard InChI is InChI=1S/C16H26N2O4/c17-13(19)10-18-16(21)15(12-7-3-4-8-12)22-14(20)9-11-5-1-2-6-11/h11-12,15H,1-10H2,(H2,17,19)(H,18,21). The molecule has 2 amide bonds. The summed E-state index contributed by atoms with van der Waals surface area (Å²) in [6.45, 7) is -0.220. The van der Waals surface area contributed by atoms with E-state index in [0.29, 0.717) is 12.3 Å². The maximum absolute atomic E-state index is 12.2. The summed E-state index contributed by atoms with van der Waals surface area (Å²) in [7, 11) is 0. The quantitative estimate of drug-likeness (QED) is 0.692. The summed E-state index contributed by atoms with van der Waals surface area (Å²) in [4.78, 5) is 35.1. The summed E-state index contributed by atoms with van der Waals surface area (Å²) in [6.07, 6.45) is 7.94. The highest BCUT2D eigenvalue weighted by molar-refractivity contribution is 5.88. The van der Waals surface area contributed by atoms with Gasteiger partial charge in [0, 0.05) is 12.3 Å². The van der Waals surface area contributed by atoms with E-state index in [1.54, 1.807) is 0 Å². The van der Waals surface area contributed by atoms with Gasteiger partial charge in [-0.3, -0.25) is 14.4 Å². The number of amides is 2. The number of carbonyl (C=O) groups is 3. The predicted molar refractivity (Wildman–Crippen MR) is 80.6 cm³/mol. The minimum atomic E-state index is -0.782. The molecule has 2 fully saturated rings. The van der Waals surface area contributed by atoms with Crippen LogP contribution in [0.5, 0.6) is 0 Å². The zero-order valence-electron chi connectivity index (χ0n) is 13.0. The summed E-state index contributed by atoms with van der Waals surface area (Å²) in [5.41, 5.74) is 5.04. The lowest BCUT2D eigenvalue weighted by molar-refractivity contribution is -0.160. The molecule has 6 heteroatoms. The Kier molecular flexibility index (Phi) is 6.21. The van der Waals surface area contributed by atoms with Gasteiger partial charge in [0.2, 0.25) is 5.91 Å². The molecule has 0 aromatic rings. The normalized spacial score (nSPS) is 20.7. The molecule has 0 bridgehead atoms. The Bertz CT molecular complexity index is 412. The molecule has 0 spiro atoms. The van der Waals surface area contributed by atoms with Gasteiger partial charge in [0.15, 0.2) is 6.10 Å². The highest BCUT2D eigenvalue weighted by Gasteiger charge is 2.34. The van der Waals surface area contributed by atoms with Gasteiger partial charge in [-0.15, -0.1) is 0 Å². The van der Waals surface area contributed by atoms with E-state index in [-0.39, 0.29) is 18.4 Å². The lowest BCUT2D eigenvalue weighted by atomic mass is 9.99. The first kappa shape index (κ1) is 16.8. The van der Waals surface area contributed by atoms with E-state index in [0.717, 1.165) is 38.5 Å². The second-order valence-electron chi connectivity index (χ2n) is 6.49. The van der Waals surface area contributed by atoms with Crippen LogP contribution in [-0.2, 0) is 19.1 Å². The Labute approximate surface area is 131 Å². The number of nitrogens with two attached hydrogens (primary N) is 1. The molecule has 1 unspecified atom stereocenters. The molecular formula is C16H26N2O4. The van der Waals surface area contributed by atoms with E-state index in [2.05, 4.69) is 5.32 Å². The molecule has 2 saturated carbocycles. The third kappa shape index (κ3) is 5.00. The molecule has 0 aliphatic heterocycles. The van der Waals surface area contributed by atoms with Crippen LogP contribution in [0.15, 0.2) is 0 Å². The molecular weight excluding hydrogens is 284 g/mol. The number of esters is 1. The van der Waals surface area contributed by atoms with Crippen LogP contribution in [-0.4, -0.2) is 30.4 Å². The maximum atomic E-state index is 12.2. The smallest absolute Gasteiger partial charge is 0.306 e. The van der Waals surface area contributed by atoms with Crippen molar-refractivity contribution in [3.63, 3.8) is 0 Å². The first-order valence-corrected chi connectivity index (χ1v) is 8.31. The second-order valence-corrected chi connectivity index (χ2v) is 6.49. The fraction of sp³-hybridized carbons (Fsp3) is 0.812. The molecule has 6 nitrogen and oxygen atoms in total. The lowest BCUT2D eigenvalue weighted by Crippen LogP contribution is -2.44. The third-order valence-corrected chi connectivity index (χ3v) is 4.71. The topological polar surface area (TPSA) is 98.5 Å². The number of rotatable bonds is 7. The fourth-order valence-electron chi connectivity index (χ4n) is 3.54. The van der Waals surface area contributed by atoms with Gasteiger partial charge in [0.05, 0.1) is 6.54 Å². The van der Waals surface area contributed by atoms with Crippen molar-refractivity contribution in [2.45, 2.75) is 63.9 Å². The van der Waals surface area contributed by atoms with E-state index in [4.69, 9.17) is 10.5 Å². The van der Waals surface area contributed by atoms with E-state index >= 15 is 0 Å². The molecule has 22 heavy (non-hydrogen) atoms. The number of carbonyl (C=O) groups excluding carboxylic acids is 3. The number of primary amides is 1. The predicted octanol–water partition coefficient (Wildman–Crippen LogP) is 1.27. The minimum Gasteiger partial charge on any atom is -0.452 e. The molecule has 0 heterocycles. The van der Waals surface area contributed by atoms with E-state index in [1.165, 1.54) is 12.8 Å². The molecule has 2 aliphatic carbocycles. The Morgan fingerprint density at radius 2 is 1.64 bits per heavy atom. The summed E-state index contributed by atoms with van der Waals surface area (Å²) in [6, 6.07) is 0. The van der Waals surface area contributed by atoms with Crippen LogP contribution in [0.2, 0.25) is 0 Å². The van der Waals surface area contributed by atoms with E-state index in [9.17, 15) is 14.4 Å². The van der Waals surface area contributed by atoms with Crippen LogP contribution < -0.4 is 11.1 Å². The van der Waals surface area contributed by atoms with Gasteiger partial charge in [-0.2, -0.15) is 0 Å². The van der Waals surface area contributed by atoms with Gasteiger partial charge in [0.1, 0.15) is 0 Å². The van der Waals surface area contributed by atoms with Crippen LogP contribution in [0, 0.1) is 11.8 Å². The van der Waals surface area contributed by atoms with Crippen LogP contribution in [0.25, 0.3) is 0 Å². The third-order valence-electron chi connectivity index (χ3n) is 4.71. The summed E-state index contributed by atoms with van der Waals surface area (Å²) >= 11 is 0. The Balaban J connectivity index is 1.89. The summed E-state index contributed by atoms with van der Waals surface area (Å²) < 4.78 is 5.49. The second kappa shape index (κ2) is 8.15.